The lowest BCUT2D eigenvalue weighted by molar-refractivity contribution is -0.0349. The minimum atomic E-state index is -0.349. The fraction of sp³-hybridized carbons (Fsp3) is 0.533. The van der Waals surface area contributed by atoms with Crippen molar-refractivity contribution in [2.24, 2.45) is 0 Å². The minimum Gasteiger partial charge on any atom is -0.422 e. The number of rotatable bonds is 3. The van der Waals surface area contributed by atoms with Crippen LogP contribution in [0.1, 0.15) is 52.9 Å². The van der Waals surface area contributed by atoms with Crippen molar-refractivity contribution in [3.05, 3.63) is 33.7 Å². The zero-order valence-corrected chi connectivity index (χ0v) is 13.7. The average Bonchev–Trinajstić information content (AvgIpc) is 3.15. The highest BCUT2D eigenvalue weighted by atomic mass is 32.1. The molecule has 0 aliphatic carbocycles. The first kappa shape index (κ1) is 15.2. The fourth-order valence-corrected chi connectivity index (χ4v) is 3.22. The molecule has 3 rings (SSSR count). The van der Waals surface area contributed by atoms with E-state index in [-0.39, 0.29) is 17.9 Å². The second-order valence-electron chi connectivity index (χ2n) is 5.68. The normalized spacial score (nSPS) is 18.9. The average molecular weight is 321 g/mol. The predicted octanol–water partition coefficient (Wildman–Crippen LogP) is 2.78. The van der Waals surface area contributed by atoms with E-state index >= 15 is 0 Å². The molecule has 1 amide bonds. The molecule has 1 saturated heterocycles. The van der Waals surface area contributed by atoms with Gasteiger partial charge < -0.3 is 14.1 Å². The van der Waals surface area contributed by atoms with Crippen LogP contribution in [-0.4, -0.2) is 40.7 Å². The second kappa shape index (κ2) is 6.18. The molecular weight excluding hydrogens is 302 g/mol. The molecule has 0 N–H and O–H groups in total. The van der Waals surface area contributed by atoms with Crippen molar-refractivity contribution in [1.29, 1.82) is 0 Å². The third-order valence-electron chi connectivity index (χ3n) is 3.64. The van der Waals surface area contributed by atoms with E-state index < -0.39 is 0 Å². The van der Waals surface area contributed by atoms with Gasteiger partial charge in [-0.05, 0) is 23.9 Å². The second-order valence-corrected chi connectivity index (χ2v) is 6.59. The van der Waals surface area contributed by atoms with Gasteiger partial charge in [-0.25, -0.2) is 0 Å². The molecule has 1 aliphatic heterocycles. The van der Waals surface area contributed by atoms with E-state index in [4.69, 9.17) is 9.15 Å². The summed E-state index contributed by atoms with van der Waals surface area (Å²) in [5.74, 6) is 1.26. The van der Waals surface area contributed by atoms with Crippen LogP contribution in [-0.2, 0) is 4.74 Å². The van der Waals surface area contributed by atoms with E-state index in [1.165, 1.54) is 11.3 Å². The van der Waals surface area contributed by atoms with E-state index in [0.29, 0.717) is 31.5 Å². The van der Waals surface area contributed by atoms with Crippen LogP contribution in [0.3, 0.4) is 0 Å². The number of hydrogen-bond acceptors (Lipinski definition) is 6. The Morgan fingerprint density at radius 3 is 2.91 bits per heavy atom. The molecule has 3 heterocycles. The van der Waals surface area contributed by atoms with Crippen molar-refractivity contribution >= 4 is 17.2 Å². The van der Waals surface area contributed by atoms with Gasteiger partial charge in [0.2, 0.25) is 11.8 Å². The maximum Gasteiger partial charge on any atom is 0.264 e. The van der Waals surface area contributed by atoms with Gasteiger partial charge in [0.25, 0.3) is 5.91 Å². The summed E-state index contributed by atoms with van der Waals surface area (Å²) < 4.78 is 11.3. The van der Waals surface area contributed by atoms with Crippen LogP contribution in [0.2, 0.25) is 0 Å². The summed E-state index contributed by atoms with van der Waals surface area (Å²) in [7, 11) is 0. The molecule has 1 unspecified atom stereocenters. The van der Waals surface area contributed by atoms with E-state index in [2.05, 4.69) is 10.2 Å². The van der Waals surface area contributed by atoms with Crippen LogP contribution in [0.5, 0.6) is 0 Å². The zero-order chi connectivity index (χ0) is 15.7. The number of aromatic nitrogens is 2. The van der Waals surface area contributed by atoms with E-state index in [9.17, 15) is 4.79 Å². The molecule has 22 heavy (non-hydrogen) atoms. The molecule has 7 heteroatoms. The van der Waals surface area contributed by atoms with Gasteiger partial charge in [-0.3, -0.25) is 4.79 Å². The molecule has 0 radical (unpaired) electrons. The summed E-state index contributed by atoms with van der Waals surface area (Å²) in [4.78, 5) is 15.2. The summed E-state index contributed by atoms with van der Waals surface area (Å²) in [6.07, 6.45) is -0.349. The van der Waals surface area contributed by atoms with Crippen molar-refractivity contribution in [2.45, 2.75) is 32.8 Å². The van der Waals surface area contributed by atoms with Gasteiger partial charge in [-0.15, -0.1) is 21.5 Å². The number of morpholine rings is 1. The molecule has 0 spiro atoms. The Labute approximate surface area is 133 Å². The number of aryl methyl sites for hydroxylation is 1. The van der Waals surface area contributed by atoms with Crippen LogP contribution in [0.4, 0.5) is 0 Å². The Kier molecular flexibility index (Phi) is 4.26. The fourth-order valence-electron chi connectivity index (χ4n) is 2.33. The molecule has 1 aliphatic rings. The number of amides is 1. The summed E-state index contributed by atoms with van der Waals surface area (Å²) in [6.45, 7) is 7.44. The molecule has 2 aromatic heterocycles. The number of ether oxygens (including phenoxy) is 1. The van der Waals surface area contributed by atoms with Crippen molar-refractivity contribution in [1.82, 2.24) is 15.1 Å². The summed E-state index contributed by atoms with van der Waals surface area (Å²) in [6, 6.07) is 1.96. The highest BCUT2D eigenvalue weighted by Gasteiger charge is 2.30. The van der Waals surface area contributed by atoms with Crippen LogP contribution in [0, 0.1) is 6.92 Å². The van der Waals surface area contributed by atoms with Gasteiger partial charge in [0, 0.05) is 12.5 Å². The third-order valence-corrected chi connectivity index (χ3v) is 4.64. The molecule has 0 bridgehead atoms. The smallest absolute Gasteiger partial charge is 0.264 e. The number of nitrogens with zero attached hydrogens (tertiary/aromatic N) is 3. The van der Waals surface area contributed by atoms with Gasteiger partial charge in [0.05, 0.1) is 18.0 Å². The highest BCUT2D eigenvalue weighted by Crippen LogP contribution is 2.26. The van der Waals surface area contributed by atoms with Gasteiger partial charge in [-0.1, -0.05) is 13.8 Å². The van der Waals surface area contributed by atoms with Gasteiger partial charge in [0.1, 0.15) is 0 Å². The SMILES string of the molecule is Cc1ccsc1C(=O)N1CCOC(c2nnc(C(C)C)o2)C1. The number of thiophene rings is 1. The molecule has 2 aromatic rings. The first-order valence-electron chi connectivity index (χ1n) is 7.34. The summed E-state index contributed by atoms with van der Waals surface area (Å²) in [5, 5.41) is 10.0. The molecule has 1 atom stereocenters. The van der Waals surface area contributed by atoms with Gasteiger partial charge in [-0.2, -0.15) is 0 Å². The quantitative estimate of drug-likeness (QED) is 0.869. The van der Waals surface area contributed by atoms with Crippen LogP contribution in [0.25, 0.3) is 0 Å². The van der Waals surface area contributed by atoms with Gasteiger partial charge in [0.15, 0.2) is 6.10 Å². The topological polar surface area (TPSA) is 68.5 Å². The van der Waals surface area contributed by atoms with Crippen LogP contribution >= 0.6 is 11.3 Å². The lowest BCUT2D eigenvalue weighted by atomic mass is 10.2. The Morgan fingerprint density at radius 2 is 2.27 bits per heavy atom. The molecule has 0 saturated carbocycles. The minimum absolute atomic E-state index is 0.0457. The highest BCUT2D eigenvalue weighted by molar-refractivity contribution is 7.12. The number of hydrogen-bond donors (Lipinski definition) is 0. The lowest BCUT2D eigenvalue weighted by Crippen LogP contribution is -2.42. The monoisotopic (exact) mass is 321 g/mol. The van der Waals surface area contributed by atoms with Crippen molar-refractivity contribution < 1.29 is 13.9 Å². The largest absolute Gasteiger partial charge is 0.422 e. The van der Waals surface area contributed by atoms with Crippen molar-refractivity contribution in [2.75, 3.05) is 19.7 Å². The first-order valence-corrected chi connectivity index (χ1v) is 8.22. The van der Waals surface area contributed by atoms with Crippen LogP contribution in [0.15, 0.2) is 15.9 Å². The van der Waals surface area contributed by atoms with Crippen molar-refractivity contribution in [3.63, 3.8) is 0 Å². The van der Waals surface area contributed by atoms with E-state index in [1.807, 2.05) is 32.2 Å². The van der Waals surface area contributed by atoms with Crippen LogP contribution < -0.4 is 0 Å². The Bertz CT molecular complexity index is 665. The Hall–Kier alpha value is -1.73. The molecular formula is C15H19N3O3S. The number of carbonyl (C=O) groups is 1. The van der Waals surface area contributed by atoms with Gasteiger partial charge >= 0.3 is 0 Å². The summed E-state index contributed by atoms with van der Waals surface area (Å²) >= 11 is 1.47. The standard InChI is InChI=1S/C15H19N3O3S/c1-9(2)13-16-17-14(21-13)11-8-18(5-6-20-11)15(19)12-10(3)4-7-22-12/h4,7,9,11H,5-6,8H2,1-3H3. The lowest BCUT2D eigenvalue weighted by Gasteiger charge is -2.31. The summed E-state index contributed by atoms with van der Waals surface area (Å²) in [5.41, 5.74) is 1.01. The number of carbonyl (C=O) groups excluding carboxylic acids is 1. The Morgan fingerprint density at radius 1 is 1.45 bits per heavy atom. The third kappa shape index (κ3) is 2.91. The molecule has 118 valence electrons. The maximum absolute atomic E-state index is 12.6. The molecule has 0 aromatic carbocycles. The first-order chi connectivity index (χ1) is 10.6. The molecule has 1 fully saturated rings. The maximum atomic E-state index is 12.6. The van der Waals surface area contributed by atoms with E-state index in [1.54, 1.807) is 4.90 Å². The Balaban J connectivity index is 1.73. The van der Waals surface area contributed by atoms with Crippen molar-refractivity contribution in [3.8, 4) is 0 Å². The van der Waals surface area contributed by atoms with E-state index in [0.717, 1.165) is 10.4 Å². The predicted molar refractivity (Wildman–Crippen MR) is 82.0 cm³/mol. The molecule has 6 nitrogen and oxygen atoms in total. The zero-order valence-electron chi connectivity index (χ0n) is 12.9.